The van der Waals surface area contributed by atoms with Crippen molar-refractivity contribution < 1.29 is 27.2 Å². The van der Waals surface area contributed by atoms with Crippen molar-refractivity contribution in [2.45, 2.75) is 23.8 Å². The van der Waals surface area contributed by atoms with E-state index in [-0.39, 0.29) is 42.0 Å². The molecule has 0 spiro atoms. The molecule has 1 fully saturated rings. The number of hydrogen-bond acceptors (Lipinski definition) is 6. The van der Waals surface area contributed by atoms with Gasteiger partial charge in [-0.25, -0.2) is 8.42 Å². The van der Waals surface area contributed by atoms with Crippen LogP contribution < -0.4 is 10.0 Å². The number of carbonyl (C=O) groups is 3. The number of aryl methyl sites for hydroxylation is 1. The molecule has 1 saturated heterocycles. The van der Waals surface area contributed by atoms with Crippen molar-refractivity contribution in [3.63, 3.8) is 0 Å². The van der Waals surface area contributed by atoms with Crippen molar-refractivity contribution in [2.75, 3.05) is 31.5 Å². The van der Waals surface area contributed by atoms with E-state index in [2.05, 4.69) is 10.0 Å². The Morgan fingerprint density at radius 2 is 1.65 bits per heavy atom. The summed E-state index contributed by atoms with van der Waals surface area (Å²) < 4.78 is 34.6. The summed E-state index contributed by atoms with van der Waals surface area (Å²) >= 11 is 0. The second-order valence-electron chi connectivity index (χ2n) is 8.93. The molecule has 2 aliphatic rings. The van der Waals surface area contributed by atoms with Gasteiger partial charge in [0, 0.05) is 38.3 Å². The molecule has 1 aromatic heterocycles. The molecule has 1 atom stereocenters. The van der Waals surface area contributed by atoms with Gasteiger partial charge < -0.3 is 19.5 Å². The van der Waals surface area contributed by atoms with Crippen LogP contribution in [0.2, 0.25) is 0 Å². The molecule has 5 rings (SSSR count). The fourth-order valence-corrected chi connectivity index (χ4v) is 5.75. The summed E-state index contributed by atoms with van der Waals surface area (Å²) in [6, 6.07) is 15.3. The van der Waals surface area contributed by atoms with Crippen molar-refractivity contribution in [3.05, 3.63) is 83.8 Å². The Morgan fingerprint density at radius 3 is 2.35 bits per heavy atom. The first-order valence-corrected chi connectivity index (χ1v) is 13.4. The lowest BCUT2D eigenvalue weighted by atomic mass is 10.0. The average molecular weight is 523 g/mol. The molecule has 2 aromatic carbocycles. The van der Waals surface area contributed by atoms with Crippen molar-refractivity contribution in [3.8, 4) is 0 Å². The van der Waals surface area contributed by atoms with Gasteiger partial charge >= 0.3 is 0 Å². The highest BCUT2D eigenvalue weighted by Gasteiger charge is 2.34. The van der Waals surface area contributed by atoms with Gasteiger partial charge in [-0.3, -0.25) is 14.4 Å². The number of rotatable bonds is 6. The van der Waals surface area contributed by atoms with Crippen LogP contribution in [0.4, 0.5) is 5.69 Å². The molecule has 0 bridgehead atoms. The van der Waals surface area contributed by atoms with E-state index < -0.39 is 22.0 Å². The predicted molar refractivity (Wildman–Crippen MR) is 134 cm³/mol. The zero-order valence-corrected chi connectivity index (χ0v) is 20.7. The molecule has 0 aliphatic carbocycles. The summed E-state index contributed by atoms with van der Waals surface area (Å²) in [4.78, 5) is 41.0. The second-order valence-corrected chi connectivity index (χ2v) is 10.6. The Labute approximate surface area is 214 Å². The van der Waals surface area contributed by atoms with Crippen molar-refractivity contribution in [1.29, 1.82) is 0 Å². The van der Waals surface area contributed by atoms with Crippen LogP contribution in [0.3, 0.4) is 0 Å². The number of piperazine rings is 1. The number of amides is 3. The summed E-state index contributed by atoms with van der Waals surface area (Å²) in [5.74, 6) is -0.521. The molecule has 0 saturated carbocycles. The highest BCUT2D eigenvalue weighted by Crippen LogP contribution is 2.27. The Bertz CT molecular complexity index is 1410. The van der Waals surface area contributed by atoms with Gasteiger partial charge in [-0.15, -0.1) is 0 Å². The number of carbonyl (C=O) groups excluding carboxylic acids is 3. The lowest BCUT2D eigenvalue weighted by Crippen LogP contribution is -2.53. The van der Waals surface area contributed by atoms with Crippen molar-refractivity contribution in [2.24, 2.45) is 0 Å². The molecule has 192 valence electrons. The highest BCUT2D eigenvalue weighted by atomic mass is 32.2. The van der Waals surface area contributed by atoms with Gasteiger partial charge in [0.2, 0.25) is 21.8 Å². The highest BCUT2D eigenvalue weighted by molar-refractivity contribution is 7.89. The minimum Gasteiger partial charge on any atom is -0.459 e. The standard InChI is InChI=1S/C26H26N4O6S/c31-23-11-8-19-17-20(9-10-21(19)27-23)37(34,35)28-24(18-5-2-1-3-6-18)26(33)30-14-12-29(13-15-30)25(32)22-7-4-16-36-22/h1-7,9-10,16-17,24,28H,8,11-15H2,(H,27,31)/t24-/m1/s1. The number of nitrogens with one attached hydrogen (secondary N) is 2. The van der Waals surface area contributed by atoms with Gasteiger partial charge in [-0.05, 0) is 47.9 Å². The van der Waals surface area contributed by atoms with E-state index in [1.54, 1.807) is 58.3 Å². The van der Waals surface area contributed by atoms with Crippen LogP contribution in [0.5, 0.6) is 0 Å². The fourth-order valence-electron chi connectivity index (χ4n) is 4.53. The van der Waals surface area contributed by atoms with Crippen molar-refractivity contribution in [1.82, 2.24) is 14.5 Å². The number of sulfonamides is 1. The maximum absolute atomic E-state index is 13.6. The SMILES string of the molecule is O=C1CCc2cc(S(=O)(=O)N[C@@H](C(=O)N3CCN(C(=O)c4ccco4)CC3)c3ccccc3)ccc2N1. The molecule has 11 heteroatoms. The summed E-state index contributed by atoms with van der Waals surface area (Å²) in [5, 5.41) is 2.74. The largest absolute Gasteiger partial charge is 0.459 e. The smallest absolute Gasteiger partial charge is 0.289 e. The maximum Gasteiger partial charge on any atom is 0.289 e. The van der Waals surface area contributed by atoms with Crippen LogP contribution in [0.15, 0.2) is 76.2 Å². The minimum atomic E-state index is -4.08. The molecule has 3 aromatic rings. The lowest BCUT2D eigenvalue weighted by Gasteiger charge is -2.36. The van der Waals surface area contributed by atoms with Gasteiger partial charge in [-0.1, -0.05) is 30.3 Å². The van der Waals surface area contributed by atoms with E-state index in [4.69, 9.17) is 4.42 Å². The minimum absolute atomic E-state index is 0.0185. The summed E-state index contributed by atoms with van der Waals surface area (Å²) in [7, 11) is -4.08. The Balaban J connectivity index is 1.34. The quantitative estimate of drug-likeness (QED) is 0.511. The third-order valence-corrected chi connectivity index (χ3v) is 7.97. The Hall–Kier alpha value is -3.96. The van der Waals surface area contributed by atoms with Crippen LogP contribution in [0, 0.1) is 0 Å². The van der Waals surface area contributed by atoms with Gasteiger partial charge in [0.1, 0.15) is 6.04 Å². The van der Waals surface area contributed by atoms with E-state index >= 15 is 0 Å². The number of hydrogen-bond donors (Lipinski definition) is 2. The van der Waals surface area contributed by atoms with Gasteiger partial charge in [0.25, 0.3) is 5.91 Å². The maximum atomic E-state index is 13.6. The van der Waals surface area contributed by atoms with E-state index in [9.17, 15) is 22.8 Å². The third kappa shape index (κ3) is 5.27. The van der Waals surface area contributed by atoms with Gasteiger partial charge in [-0.2, -0.15) is 4.72 Å². The lowest BCUT2D eigenvalue weighted by molar-refractivity contribution is -0.134. The first-order chi connectivity index (χ1) is 17.8. The van der Waals surface area contributed by atoms with Gasteiger partial charge in [0.05, 0.1) is 11.2 Å². The van der Waals surface area contributed by atoms with Crippen LogP contribution in [-0.2, 0) is 26.0 Å². The average Bonchev–Trinajstić information content (AvgIpc) is 3.46. The molecule has 10 nitrogen and oxygen atoms in total. The Kier molecular flexibility index (Phi) is 6.81. The summed E-state index contributed by atoms with van der Waals surface area (Å²) in [6.07, 6.45) is 2.15. The predicted octanol–water partition coefficient (Wildman–Crippen LogP) is 2.17. The number of nitrogens with zero attached hydrogens (tertiary/aromatic N) is 2. The first kappa shape index (κ1) is 24.7. The molecule has 0 radical (unpaired) electrons. The van der Waals surface area contributed by atoms with E-state index in [0.29, 0.717) is 30.8 Å². The van der Waals surface area contributed by atoms with Crippen molar-refractivity contribution >= 4 is 33.4 Å². The number of anilines is 1. The zero-order chi connectivity index (χ0) is 26.0. The number of fused-ring (bicyclic) bond motifs is 1. The molecule has 2 aliphatic heterocycles. The zero-order valence-electron chi connectivity index (χ0n) is 19.9. The number of benzene rings is 2. The molecule has 3 amide bonds. The summed E-state index contributed by atoms with van der Waals surface area (Å²) in [5.41, 5.74) is 1.82. The van der Waals surface area contributed by atoms with Crippen LogP contribution >= 0.6 is 0 Å². The van der Waals surface area contributed by atoms with Crippen LogP contribution in [0.25, 0.3) is 0 Å². The molecule has 2 N–H and O–H groups in total. The topological polar surface area (TPSA) is 129 Å². The summed E-state index contributed by atoms with van der Waals surface area (Å²) in [6.45, 7) is 1.12. The first-order valence-electron chi connectivity index (χ1n) is 11.9. The normalized spacial score (nSPS) is 16.6. The third-order valence-electron chi connectivity index (χ3n) is 6.55. The molecule has 3 heterocycles. The second kappa shape index (κ2) is 10.2. The van der Waals surface area contributed by atoms with E-state index in [0.717, 1.165) is 5.56 Å². The number of furan rings is 1. The van der Waals surface area contributed by atoms with Gasteiger partial charge in [0.15, 0.2) is 5.76 Å². The molecular weight excluding hydrogens is 496 g/mol. The molecular formula is C26H26N4O6S. The fraction of sp³-hybridized carbons (Fsp3) is 0.269. The molecule has 0 unspecified atom stereocenters. The molecule has 37 heavy (non-hydrogen) atoms. The van der Waals surface area contributed by atoms with E-state index in [1.165, 1.54) is 18.4 Å². The Morgan fingerprint density at radius 1 is 0.919 bits per heavy atom. The monoisotopic (exact) mass is 522 g/mol. The van der Waals surface area contributed by atoms with Crippen LogP contribution in [-0.4, -0.2) is 62.1 Å². The van der Waals surface area contributed by atoms with E-state index in [1.807, 2.05) is 0 Å². The van der Waals surface area contributed by atoms with Crippen LogP contribution in [0.1, 0.15) is 34.1 Å².